The van der Waals surface area contributed by atoms with Gasteiger partial charge in [-0.2, -0.15) is 11.3 Å². The van der Waals surface area contributed by atoms with Gasteiger partial charge in [-0.1, -0.05) is 17.7 Å². The molecule has 1 aromatic heterocycles. The maximum Gasteiger partial charge on any atom is 0.256 e. The molecule has 1 saturated carbocycles. The minimum Gasteiger partial charge on any atom is -0.397 e. The van der Waals surface area contributed by atoms with Crippen molar-refractivity contribution in [3.05, 3.63) is 51.2 Å². The van der Waals surface area contributed by atoms with E-state index in [2.05, 4.69) is 11.4 Å². The topological polar surface area (TPSA) is 46.3 Å². The summed E-state index contributed by atoms with van der Waals surface area (Å²) < 4.78 is 0. The Kier molecular flexibility index (Phi) is 3.68. The van der Waals surface area contributed by atoms with Crippen LogP contribution in [0, 0.1) is 0 Å². The van der Waals surface area contributed by atoms with Gasteiger partial charge in [-0.05, 0) is 47.4 Å². The van der Waals surface area contributed by atoms with E-state index in [0.29, 0.717) is 28.9 Å². The smallest absolute Gasteiger partial charge is 0.256 e. The van der Waals surface area contributed by atoms with Crippen molar-refractivity contribution in [3.63, 3.8) is 0 Å². The third-order valence-electron chi connectivity index (χ3n) is 3.46. The van der Waals surface area contributed by atoms with E-state index in [1.165, 1.54) is 0 Å². The highest BCUT2D eigenvalue weighted by Gasteiger charge is 2.33. The number of hydrogen-bond acceptors (Lipinski definition) is 3. The van der Waals surface area contributed by atoms with Crippen molar-refractivity contribution in [2.45, 2.75) is 25.4 Å². The molecule has 1 aliphatic carbocycles. The molecule has 0 radical (unpaired) electrons. The first-order valence-electron chi connectivity index (χ1n) is 6.53. The Hall–Kier alpha value is -1.52. The fraction of sp³-hybridized carbons (Fsp3) is 0.267. The zero-order valence-electron chi connectivity index (χ0n) is 10.9. The summed E-state index contributed by atoms with van der Waals surface area (Å²) in [5.41, 5.74) is 7.97. The van der Waals surface area contributed by atoms with E-state index < -0.39 is 0 Å². The van der Waals surface area contributed by atoms with E-state index in [1.54, 1.807) is 29.5 Å². The van der Waals surface area contributed by atoms with Crippen LogP contribution in [0.4, 0.5) is 5.69 Å². The van der Waals surface area contributed by atoms with Gasteiger partial charge in [-0.3, -0.25) is 4.79 Å². The van der Waals surface area contributed by atoms with Gasteiger partial charge in [0.25, 0.3) is 5.91 Å². The van der Waals surface area contributed by atoms with Crippen LogP contribution in [-0.2, 0) is 6.54 Å². The van der Waals surface area contributed by atoms with Crippen molar-refractivity contribution in [2.24, 2.45) is 0 Å². The second-order valence-electron chi connectivity index (χ2n) is 5.00. The molecule has 1 aliphatic rings. The second kappa shape index (κ2) is 5.46. The molecule has 3 nitrogen and oxygen atoms in total. The highest BCUT2D eigenvalue weighted by molar-refractivity contribution is 7.07. The Labute approximate surface area is 127 Å². The molecule has 2 aromatic rings. The Morgan fingerprint density at radius 2 is 2.20 bits per heavy atom. The van der Waals surface area contributed by atoms with Crippen molar-refractivity contribution in [1.82, 2.24) is 4.90 Å². The van der Waals surface area contributed by atoms with Crippen molar-refractivity contribution in [2.75, 3.05) is 5.73 Å². The Bertz CT molecular complexity index is 623. The number of halogens is 1. The van der Waals surface area contributed by atoms with Gasteiger partial charge in [-0.15, -0.1) is 0 Å². The Morgan fingerprint density at radius 1 is 1.40 bits per heavy atom. The van der Waals surface area contributed by atoms with Gasteiger partial charge < -0.3 is 10.6 Å². The third kappa shape index (κ3) is 2.67. The van der Waals surface area contributed by atoms with Crippen LogP contribution in [0.25, 0.3) is 0 Å². The number of nitrogens with zero attached hydrogens (tertiary/aromatic N) is 1. The molecule has 1 amide bonds. The summed E-state index contributed by atoms with van der Waals surface area (Å²) in [4.78, 5) is 14.6. The predicted octanol–water partition coefficient (Wildman–Crippen LogP) is 3.79. The van der Waals surface area contributed by atoms with E-state index in [1.807, 2.05) is 10.3 Å². The molecule has 1 aromatic carbocycles. The predicted molar refractivity (Wildman–Crippen MR) is 83.1 cm³/mol. The molecule has 0 spiro atoms. The molecule has 3 rings (SSSR count). The summed E-state index contributed by atoms with van der Waals surface area (Å²) in [7, 11) is 0. The van der Waals surface area contributed by atoms with Gasteiger partial charge in [0.05, 0.1) is 16.3 Å². The number of amides is 1. The van der Waals surface area contributed by atoms with Crippen molar-refractivity contribution in [3.8, 4) is 0 Å². The summed E-state index contributed by atoms with van der Waals surface area (Å²) in [6.45, 7) is 0.638. The minimum absolute atomic E-state index is 0.0290. The summed E-state index contributed by atoms with van der Waals surface area (Å²) in [5, 5.41) is 4.53. The zero-order chi connectivity index (χ0) is 14.1. The quantitative estimate of drug-likeness (QED) is 0.874. The standard InChI is InChI=1S/C15H15ClN2OS/c16-13-3-1-2-12(14(13)17)15(19)18(11-4-5-11)8-10-6-7-20-9-10/h1-3,6-7,9,11H,4-5,8,17H2. The summed E-state index contributed by atoms with van der Waals surface area (Å²) >= 11 is 7.65. The van der Waals surface area contributed by atoms with E-state index in [0.717, 1.165) is 18.4 Å². The van der Waals surface area contributed by atoms with Crippen LogP contribution in [0.15, 0.2) is 35.0 Å². The van der Waals surface area contributed by atoms with Crippen LogP contribution in [0.5, 0.6) is 0 Å². The lowest BCUT2D eigenvalue weighted by Gasteiger charge is -2.23. The molecule has 0 bridgehead atoms. The number of nitrogens with two attached hydrogens (primary N) is 1. The first-order chi connectivity index (χ1) is 9.66. The van der Waals surface area contributed by atoms with Gasteiger partial charge in [0.2, 0.25) is 0 Å². The number of rotatable bonds is 4. The lowest BCUT2D eigenvalue weighted by Crippen LogP contribution is -2.33. The van der Waals surface area contributed by atoms with Crippen LogP contribution >= 0.6 is 22.9 Å². The molecule has 0 atom stereocenters. The summed E-state index contributed by atoms with van der Waals surface area (Å²) in [6.07, 6.45) is 2.13. The van der Waals surface area contributed by atoms with Crippen molar-refractivity contribution in [1.29, 1.82) is 0 Å². The van der Waals surface area contributed by atoms with E-state index >= 15 is 0 Å². The number of carbonyl (C=O) groups excluding carboxylic acids is 1. The molecule has 20 heavy (non-hydrogen) atoms. The highest BCUT2D eigenvalue weighted by atomic mass is 35.5. The van der Waals surface area contributed by atoms with Crippen molar-refractivity contribution < 1.29 is 4.79 Å². The highest BCUT2D eigenvalue weighted by Crippen LogP contribution is 2.32. The first-order valence-corrected chi connectivity index (χ1v) is 7.85. The number of anilines is 1. The lowest BCUT2D eigenvalue weighted by molar-refractivity contribution is 0.0731. The maximum atomic E-state index is 12.7. The molecular formula is C15H15ClN2OS. The molecule has 0 aliphatic heterocycles. The number of benzene rings is 1. The van der Waals surface area contributed by atoms with Gasteiger partial charge in [-0.25, -0.2) is 0 Å². The average molecular weight is 307 g/mol. The molecule has 2 N–H and O–H groups in total. The largest absolute Gasteiger partial charge is 0.397 e. The molecule has 1 fully saturated rings. The maximum absolute atomic E-state index is 12.7. The number of carbonyl (C=O) groups is 1. The summed E-state index contributed by atoms with van der Waals surface area (Å²) in [6, 6.07) is 7.59. The van der Waals surface area contributed by atoms with E-state index in [9.17, 15) is 4.79 Å². The van der Waals surface area contributed by atoms with Crippen LogP contribution in [-0.4, -0.2) is 16.8 Å². The van der Waals surface area contributed by atoms with E-state index in [-0.39, 0.29) is 5.91 Å². The molecule has 0 saturated heterocycles. The molecule has 5 heteroatoms. The van der Waals surface area contributed by atoms with Crippen LogP contribution in [0.1, 0.15) is 28.8 Å². The monoisotopic (exact) mass is 306 g/mol. The molecular weight excluding hydrogens is 292 g/mol. The van der Waals surface area contributed by atoms with Gasteiger partial charge in [0.15, 0.2) is 0 Å². The van der Waals surface area contributed by atoms with Crippen molar-refractivity contribution >= 4 is 34.5 Å². The number of hydrogen-bond donors (Lipinski definition) is 1. The molecule has 1 heterocycles. The Balaban J connectivity index is 1.87. The lowest BCUT2D eigenvalue weighted by atomic mass is 10.1. The van der Waals surface area contributed by atoms with Crippen LogP contribution < -0.4 is 5.73 Å². The Morgan fingerprint density at radius 3 is 2.85 bits per heavy atom. The molecule has 0 unspecified atom stereocenters. The van der Waals surface area contributed by atoms with Gasteiger partial charge in [0, 0.05) is 12.6 Å². The number of nitrogen functional groups attached to an aromatic ring is 1. The summed E-state index contributed by atoms with van der Waals surface area (Å²) in [5.74, 6) is -0.0290. The van der Waals surface area contributed by atoms with Gasteiger partial charge >= 0.3 is 0 Å². The normalized spacial score (nSPS) is 14.2. The second-order valence-corrected chi connectivity index (χ2v) is 6.18. The van der Waals surface area contributed by atoms with Crippen LogP contribution in [0.2, 0.25) is 5.02 Å². The average Bonchev–Trinajstić information content (AvgIpc) is 3.15. The minimum atomic E-state index is -0.0290. The van der Waals surface area contributed by atoms with Crippen LogP contribution in [0.3, 0.4) is 0 Å². The van der Waals surface area contributed by atoms with Gasteiger partial charge in [0.1, 0.15) is 0 Å². The number of thiophene rings is 1. The fourth-order valence-corrected chi connectivity index (χ4v) is 3.04. The fourth-order valence-electron chi connectivity index (χ4n) is 2.21. The van der Waals surface area contributed by atoms with E-state index in [4.69, 9.17) is 17.3 Å². The first kappa shape index (κ1) is 13.5. The number of para-hydroxylation sites is 1. The molecule has 104 valence electrons. The zero-order valence-corrected chi connectivity index (χ0v) is 12.5. The third-order valence-corrected chi connectivity index (χ3v) is 4.53. The SMILES string of the molecule is Nc1c(Cl)cccc1C(=O)N(Cc1ccsc1)C1CC1.